The second-order valence-corrected chi connectivity index (χ2v) is 5.31. The van der Waals surface area contributed by atoms with Crippen LogP contribution in [0.15, 0.2) is 12.1 Å². The van der Waals surface area contributed by atoms with Gasteiger partial charge in [-0.05, 0) is 25.0 Å². The number of aromatic nitrogens is 1. The Labute approximate surface area is 128 Å². The third-order valence-electron chi connectivity index (χ3n) is 3.12. The van der Waals surface area contributed by atoms with Crippen molar-refractivity contribution in [3.63, 3.8) is 0 Å². The molecule has 0 aliphatic heterocycles. The maximum atomic E-state index is 12.2. The maximum Gasteiger partial charge on any atom is 0.292 e. The molecule has 0 unspecified atom stereocenters. The fourth-order valence-electron chi connectivity index (χ4n) is 2.21. The van der Waals surface area contributed by atoms with Crippen LogP contribution in [0.3, 0.4) is 0 Å². The van der Waals surface area contributed by atoms with Crippen LogP contribution in [0.4, 0.5) is 0 Å². The number of halogens is 2. The molecule has 1 aromatic heterocycles. The van der Waals surface area contributed by atoms with Gasteiger partial charge in [-0.2, -0.15) is 0 Å². The molecule has 0 radical (unpaired) electrons. The zero-order chi connectivity index (χ0) is 15.0. The van der Waals surface area contributed by atoms with Gasteiger partial charge in [0, 0.05) is 11.5 Å². The van der Waals surface area contributed by atoms with Crippen molar-refractivity contribution in [1.82, 2.24) is 4.98 Å². The minimum Gasteiger partial charge on any atom is -0.471 e. The van der Waals surface area contributed by atoms with Crippen LogP contribution in [-0.4, -0.2) is 24.3 Å². The first-order valence-electron chi connectivity index (χ1n) is 6.42. The molecule has 1 aromatic rings. The highest BCUT2D eigenvalue weighted by Crippen LogP contribution is 2.28. The molecule has 0 aromatic carbocycles. The monoisotopic (exact) mass is 317 g/mol. The molecule has 1 aliphatic carbocycles. The zero-order valence-electron chi connectivity index (χ0n) is 11.3. The van der Waals surface area contributed by atoms with Crippen LogP contribution in [0.5, 0.6) is 0 Å². The Balaban J connectivity index is 0.000000444. The average molecular weight is 318 g/mol. The van der Waals surface area contributed by atoms with Crippen LogP contribution in [0.1, 0.15) is 42.5 Å². The molecule has 0 atom stereocenters. The molecule has 4 nitrogen and oxygen atoms in total. The molecule has 0 bridgehead atoms. The third kappa shape index (κ3) is 5.47. The number of Topliss-reactive ketones (excluding diaryl/α,β-unsaturated/α-hetero) is 1. The van der Waals surface area contributed by atoms with Crippen LogP contribution >= 0.6 is 23.2 Å². The number of ketones is 1. The van der Waals surface area contributed by atoms with Crippen molar-refractivity contribution in [3.8, 4) is 0 Å². The van der Waals surface area contributed by atoms with E-state index in [2.05, 4.69) is 9.72 Å². The van der Waals surface area contributed by atoms with Crippen molar-refractivity contribution >= 4 is 35.5 Å². The van der Waals surface area contributed by atoms with E-state index in [1.165, 1.54) is 13.5 Å². The number of hydrogen-bond donors (Lipinski definition) is 0. The predicted molar refractivity (Wildman–Crippen MR) is 78.2 cm³/mol. The van der Waals surface area contributed by atoms with Crippen LogP contribution in [-0.2, 0) is 9.53 Å². The number of rotatable bonds is 3. The molecule has 2 rings (SSSR count). The van der Waals surface area contributed by atoms with E-state index in [9.17, 15) is 4.79 Å². The highest BCUT2D eigenvalue weighted by atomic mass is 35.5. The van der Waals surface area contributed by atoms with Crippen LogP contribution < -0.4 is 0 Å². The van der Waals surface area contributed by atoms with Gasteiger partial charge >= 0.3 is 0 Å². The highest BCUT2D eigenvalue weighted by molar-refractivity contribution is 6.33. The SMILES string of the molecule is COC=O.O=C(c1cc(Cl)nc(Cl)c1)C1CCCCC1. The number of methoxy groups -OCH3 is 1. The summed E-state index contributed by atoms with van der Waals surface area (Å²) in [5.74, 6) is 0.300. The summed E-state index contributed by atoms with van der Waals surface area (Å²) in [5, 5.41) is 0.568. The molecular formula is C14H17Cl2NO3. The van der Waals surface area contributed by atoms with E-state index in [1.54, 1.807) is 12.1 Å². The molecule has 110 valence electrons. The number of hydrogen-bond acceptors (Lipinski definition) is 4. The Morgan fingerprint density at radius 1 is 1.25 bits per heavy atom. The fourth-order valence-corrected chi connectivity index (χ4v) is 2.67. The Morgan fingerprint density at radius 2 is 1.75 bits per heavy atom. The summed E-state index contributed by atoms with van der Waals surface area (Å²) < 4.78 is 3.86. The van der Waals surface area contributed by atoms with Crippen LogP contribution in [0, 0.1) is 5.92 Å². The normalized spacial score (nSPS) is 14.9. The number of nitrogens with zero attached hydrogens (tertiary/aromatic N) is 1. The van der Waals surface area contributed by atoms with Crippen LogP contribution in [0.25, 0.3) is 0 Å². The summed E-state index contributed by atoms with van der Waals surface area (Å²) in [6.45, 7) is 0.375. The maximum absolute atomic E-state index is 12.2. The van der Waals surface area contributed by atoms with Gasteiger partial charge in [-0.15, -0.1) is 0 Å². The summed E-state index contributed by atoms with van der Waals surface area (Å²) in [4.78, 5) is 25.0. The van der Waals surface area contributed by atoms with E-state index < -0.39 is 0 Å². The Bertz CT molecular complexity index is 439. The summed E-state index contributed by atoms with van der Waals surface area (Å²) in [6.07, 6.45) is 5.49. The van der Waals surface area contributed by atoms with Crippen molar-refractivity contribution in [2.24, 2.45) is 5.92 Å². The quantitative estimate of drug-likeness (QED) is 0.481. The molecule has 0 N–H and O–H groups in total. The first-order valence-corrected chi connectivity index (χ1v) is 7.17. The smallest absolute Gasteiger partial charge is 0.292 e. The molecule has 20 heavy (non-hydrogen) atoms. The van der Waals surface area contributed by atoms with Crippen molar-refractivity contribution in [3.05, 3.63) is 28.0 Å². The Hall–Kier alpha value is -1.13. The number of carbonyl (C=O) groups is 2. The van der Waals surface area contributed by atoms with Gasteiger partial charge in [0.15, 0.2) is 5.78 Å². The topological polar surface area (TPSA) is 56.3 Å². The average Bonchev–Trinajstić information content (AvgIpc) is 2.46. The molecule has 0 saturated heterocycles. The minimum atomic E-state index is 0.142. The highest BCUT2D eigenvalue weighted by Gasteiger charge is 2.22. The summed E-state index contributed by atoms with van der Waals surface area (Å²) in [7, 11) is 1.31. The first kappa shape index (κ1) is 16.9. The molecule has 1 aliphatic rings. The van der Waals surface area contributed by atoms with E-state index >= 15 is 0 Å². The van der Waals surface area contributed by atoms with Crippen molar-refractivity contribution < 1.29 is 14.3 Å². The number of carbonyl (C=O) groups excluding carboxylic acids is 2. The number of pyridine rings is 1. The lowest BCUT2D eigenvalue weighted by atomic mass is 9.84. The second kappa shape index (κ2) is 8.93. The largest absolute Gasteiger partial charge is 0.471 e. The van der Waals surface area contributed by atoms with Crippen molar-refractivity contribution in [1.29, 1.82) is 0 Å². The molecule has 1 fully saturated rings. The lowest BCUT2D eigenvalue weighted by molar-refractivity contribution is -0.126. The Kier molecular flexibility index (Phi) is 7.55. The molecule has 1 heterocycles. The fraction of sp³-hybridized carbons (Fsp3) is 0.500. The lowest BCUT2D eigenvalue weighted by Gasteiger charge is -2.20. The number of ether oxygens (including phenoxy) is 1. The van der Waals surface area contributed by atoms with Gasteiger partial charge in [0.05, 0.1) is 7.11 Å². The van der Waals surface area contributed by atoms with E-state index in [0.717, 1.165) is 25.7 Å². The van der Waals surface area contributed by atoms with Gasteiger partial charge in [0.1, 0.15) is 10.3 Å². The summed E-state index contributed by atoms with van der Waals surface area (Å²) >= 11 is 11.6. The summed E-state index contributed by atoms with van der Waals surface area (Å²) in [5.41, 5.74) is 0.594. The molecule has 1 saturated carbocycles. The van der Waals surface area contributed by atoms with Gasteiger partial charge in [-0.25, -0.2) is 4.98 Å². The first-order chi connectivity index (χ1) is 9.58. The lowest BCUT2D eigenvalue weighted by Crippen LogP contribution is -2.17. The second-order valence-electron chi connectivity index (χ2n) is 4.53. The molecule has 0 spiro atoms. The van der Waals surface area contributed by atoms with E-state index in [1.807, 2.05) is 0 Å². The van der Waals surface area contributed by atoms with E-state index in [0.29, 0.717) is 12.0 Å². The van der Waals surface area contributed by atoms with Gasteiger partial charge in [0.2, 0.25) is 0 Å². The zero-order valence-corrected chi connectivity index (χ0v) is 12.8. The van der Waals surface area contributed by atoms with Crippen molar-refractivity contribution in [2.45, 2.75) is 32.1 Å². The molecular weight excluding hydrogens is 301 g/mol. The standard InChI is InChI=1S/C12H13Cl2NO.C2H4O2/c13-10-6-9(7-11(14)15-10)12(16)8-4-2-1-3-5-8;1-4-2-3/h6-8H,1-5H2;2H,1H3. The summed E-state index contributed by atoms with van der Waals surface area (Å²) in [6, 6.07) is 3.20. The van der Waals surface area contributed by atoms with Gasteiger partial charge < -0.3 is 4.74 Å². The predicted octanol–water partition coefficient (Wildman–Crippen LogP) is 3.94. The van der Waals surface area contributed by atoms with Gasteiger partial charge in [0.25, 0.3) is 6.47 Å². The van der Waals surface area contributed by atoms with Crippen LogP contribution in [0.2, 0.25) is 10.3 Å². The molecule has 0 amide bonds. The van der Waals surface area contributed by atoms with Gasteiger partial charge in [-0.3, -0.25) is 9.59 Å². The van der Waals surface area contributed by atoms with E-state index in [4.69, 9.17) is 28.0 Å². The molecule has 6 heteroatoms. The Morgan fingerprint density at radius 3 is 2.20 bits per heavy atom. The van der Waals surface area contributed by atoms with E-state index in [-0.39, 0.29) is 22.0 Å². The van der Waals surface area contributed by atoms with Crippen molar-refractivity contribution in [2.75, 3.05) is 7.11 Å². The third-order valence-corrected chi connectivity index (χ3v) is 3.51. The minimum absolute atomic E-state index is 0.142. The van der Waals surface area contributed by atoms with Gasteiger partial charge in [-0.1, -0.05) is 42.5 Å².